The summed E-state index contributed by atoms with van der Waals surface area (Å²) in [5.74, 6) is 0.430. The lowest BCUT2D eigenvalue weighted by atomic mass is 10.1. The van der Waals surface area contributed by atoms with Crippen LogP contribution in [0, 0.1) is 10.1 Å². The number of piperidine rings is 1. The van der Waals surface area contributed by atoms with E-state index in [4.69, 9.17) is 16.0 Å². The van der Waals surface area contributed by atoms with Crippen LogP contribution < -0.4 is 10.2 Å². The summed E-state index contributed by atoms with van der Waals surface area (Å²) in [6.07, 6.45) is 6.41. The molecule has 32 heavy (non-hydrogen) atoms. The summed E-state index contributed by atoms with van der Waals surface area (Å²) in [5.41, 5.74) is 1.92. The van der Waals surface area contributed by atoms with Gasteiger partial charge in [0.15, 0.2) is 0 Å². The summed E-state index contributed by atoms with van der Waals surface area (Å²) in [7, 11) is 0. The van der Waals surface area contributed by atoms with Gasteiger partial charge in [0, 0.05) is 30.9 Å². The van der Waals surface area contributed by atoms with Gasteiger partial charge >= 0.3 is 0 Å². The number of para-hydroxylation sites is 1. The van der Waals surface area contributed by atoms with E-state index in [1.54, 1.807) is 36.4 Å². The molecule has 1 aromatic heterocycles. The Kier molecular flexibility index (Phi) is 6.56. The van der Waals surface area contributed by atoms with Crippen LogP contribution in [-0.4, -0.2) is 23.9 Å². The molecule has 1 aliphatic heterocycles. The Balaban J connectivity index is 1.41. The Hall–Kier alpha value is -3.58. The molecule has 1 fully saturated rings. The van der Waals surface area contributed by atoms with Crippen LogP contribution in [-0.2, 0) is 4.79 Å². The highest BCUT2D eigenvalue weighted by molar-refractivity contribution is 6.33. The number of nitro benzene ring substituents is 1. The number of benzene rings is 2. The van der Waals surface area contributed by atoms with Gasteiger partial charge in [0.25, 0.3) is 5.69 Å². The van der Waals surface area contributed by atoms with Gasteiger partial charge in [-0.05, 0) is 61.7 Å². The Labute approximate surface area is 190 Å². The number of amides is 1. The van der Waals surface area contributed by atoms with Gasteiger partial charge in [-0.1, -0.05) is 23.7 Å². The number of halogens is 1. The zero-order chi connectivity index (χ0) is 22.5. The number of anilines is 2. The van der Waals surface area contributed by atoms with Crippen LogP contribution in [0.1, 0.15) is 25.0 Å². The fourth-order valence-electron chi connectivity index (χ4n) is 3.75. The number of nitro groups is 1. The highest BCUT2D eigenvalue weighted by Crippen LogP contribution is 2.32. The minimum atomic E-state index is -0.456. The van der Waals surface area contributed by atoms with Crippen molar-refractivity contribution >= 4 is 40.6 Å². The highest BCUT2D eigenvalue weighted by atomic mass is 35.5. The second-order valence-corrected chi connectivity index (χ2v) is 7.92. The minimum absolute atomic E-state index is 0.0417. The first-order chi connectivity index (χ1) is 15.5. The number of carbonyl (C=O) groups excluding carboxylic acids is 1. The largest absolute Gasteiger partial charge is 0.456 e. The monoisotopic (exact) mass is 451 g/mol. The molecule has 0 atom stereocenters. The standard InChI is InChI=1S/C24H22ClN3O4/c25-20-16-17(8-11-22(20)27-14-4-1-5-15-27)26-24(29)13-10-18-9-12-23(32-18)19-6-2-3-7-21(19)28(30)31/h2-3,6-13,16H,1,4-5,14-15H2,(H,26,29)/b13-10+. The lowest BCUT2D eigenvalue weighted by Gasteiger charge is -2.29. The van der Waals surface area contributed by atoms with Crippen molar-refractivity contribution in [3.8, 4) is 11.3 Å². The summed E-state index contributed by atoms with van der Waals surface area (Å²) < 4.78 is 5.67. The smallest absolute Gasteiger partial charge is 0.280 e. The maximum absolute atomic E-state index is 12.3. The van der Waals surface area contributed by atoms with E-state index in [0.29, 0.717) is 27.8 Å². The quantitative estimate of drug-likeness (QED) is 0.276. The van der Waals surface area contributed by atoms with Crippen molar-refractivity contribution in [2.75, 3.05) is 23.3 Å². The average molecular weight is 452 g/mol. The Morgan fingerprint density at radius 2 is 1.88 bits per heavy atom. The molecule has 8 heteroatoms. The molecule has 2 heterocycles. The third-order valence-electron chi connectivity index (χ3n) is 5.30. The van der Waals surface area contributed by atoms with E-state index in [2.05, 4.69) is 10.2 Å². The molecule has 1 saturated heterocycles. The summed E-state index contributed by atoms with van der Waals surface area (Å²) in [4.78, 5) is 25.3. The fraction of sp³-hybridized carbons (Fsp3) is 0.208. The molecule has 4 rings (SSSR count). The normalized spacial score (nSPS) is 14.0. The summed E-state index contributed by atoms with van der Waals surface area (Å²) in [5, 5.41) is 14.6. The molecule has 0 bridgehead atoms. The van der Waals surface area contributed by atoms with Crippen molar-refractivity contribution in [1.29, 1.82) is 0 Å². The van der Waals surface area contributed by atoms with Gasteiger partial charge in [0.05, 0.1) is 21.2 Å². The molecule has 0 aliphatic carbocycles. The first kappa shape index (κ1) is 21.6. The first-order valence-electron chi connectivity index (χ1n) is 10.4. The minimum Gasteiger partial charge on any atom is -0.456 e. The number of hydrogen-bond acceptors (Lipinski definition) is 5. The summed E-state index contributed by atoms with van der Waals surface area (Å²) in [6, 6.07) is 15.1. The molecule has 1 aliphatic rings. The molecule has 1 amide bonds. The van der Waals surface area contributed by atoms with E-state index in [1.807, 2.05) is 12.1 Å². The van der Waals surface area contributed by atoms with Crippen LogP contribution in [0.2, 0.25) is 5.02 Å². The average Bonchev–Trinajstić information content (AvgIpc) is 3.27. The van der Waals surface area contributed by atoms with E-state index in [9.17, 15) is 14.9 Å². The maximum Gasteiger partial charge on any atom is 0.280 e. The molecule has 7 nitrogen and oxygen atoms in total. The van der Waals surface area contributed by atoms with Gasteiger partial charge in [-0.2, -0.15) is 0 Å². The molecule has 0 saturated carbocycles. The van der Waals surface area contributed by atoms with E-state index >= 15 is 0 Å². The van der Waals surface area contributed by atoms with Gasteiger partial charge in [0.2, 0.25) is 5.91 Å². The maximum atomic E-state index is 12.3. The molecule has 0 spiro atoms. The zero-order valence-corrected chi connectivity index (χ0v) is 18.0. The lowest BCUT2D eigenvalue weighted by Crippen LogP contribution is -2.29. The predicted octanol–water partition coefficient (Wildman–Crippen LogP) is 6.15. The van der Waals surface area contributed by atoms with Crippen LogP contribution in [0.4, 0.5) is 17.1 Å². The number of rotatable bonds is 6. The lowest BCUT2D eigenvalue weighted by molar-refractivity contribution is -0.384. The van der Waals surface area contributed by atoms with E-state index < -0.39 is 4.92 Å². The second kappa shape index (κ2) is 9.70. The molecule has 1 N–H and O–H groups in total. The molecule has 164 valence electrons. The van der Waals surface area contributed by atoms with Crippen LogP contribution in [0.25, 0.3) is 17.4 Å². The zero-order valence-electron chi connectivity index (χ0n) is 17.3. The second-order valence-electron chi connectivity index (χ2n) is 7.51. The van der Waals surface area contributed by atoms with Gasteiger partial charge in [-0.15, -0.1) is 0 Å². The van der Waals surface area contributed by atoms with E-state index in [-0.39, 0.29) is 11.6 Å². The molecule has 3 aromatic rings. The third kappa shape index (κ3) is 5.00. The van der Waals surface area contributed by atoms with Gasteiger partial charge in [-0.25, -0.2) is 0 Å². The topological polar surface area (TPSA) is 88.6 Å². The Bertz CT molecular complexity index is 1170. The van der Waals surface area contributed by atoms with Crippen molar-refractivity contribution in [3.05, 3.63) is 81.6 Å². The molecular formula is C24H22ClN3O4. The van der Waals surface area contributed by atoms with Crippen molar-refractivity contribution in [3.63, 3.8) is 0 Å². The van der Waals surface area contributed by atoms with Crippen molar-refractivity contribution in [2.45, 2.75) is 19.3 Å². The van der Waals surface area contributed by atoms with Gasteiger partial charge in [0.1, 0.15) is 11.5 Å². The Morgan fingerprint density at radius 1 is 1.09 bits per heavy atom. The molecule has 0 radical (unpaired) electrons. The van der Waals surface area contributed by atoms with Gasteiger partial charge in [-0.3, -0.25) is 14.9 Å². The summed E-state index contributed by atoms with van der Waals surface area (Å²) in [6.45, 7) is 1.98. The third-order valence-corrected chi connectivity index (χ3v) is 5.61. The number of nitrogens with one attached hydrogen (secondary N) is 1. The molecule has 0 unspecified atom stereocenters. The van der Waals surface area contributed by atoms with Crippen molar-refractivity contribution < 1.29 is 14.1 Å². The van der Waals surface area contributed by atoms with Crippen molar-refractivity contribution in [1.82, 2.24) is 0 Å². The van der Waals surface area contributed by atoms with Crippen LogP contribution in [0.15, 0.2) is 65.1 Å². The predicted molar refractivity (Wildman–Crippen MR) is 126 cm³/mol. The van der Waals surface area contributed by atoms with Gasteiger partial charge < -0.3 is 14.6 Å². The molecule has 2 aromatic carbocycles. The number of hydrogen-bond donors (Lipinski definition) is 1. The molecular weight excluding hydrogens is 430 g/mol. The first-order valence-corrected chi connectivity index (χ1v) is 10.8. The van der Waals surface area contributed by atoms with E-state index in [1.165, 1.54) is 24.6 Å². The Morgan fingerprint density at radius 3 is 2.62 bits per heavy atom. The number of furan rings is 1. The fourth-order valence-corrected chi connectivity index (χ4v) is 4.05. The van der Waals surface area contributed by atoms with Crippen LogP contribution >= 0.6 is 11.6 Å². The van der Waals surface area contributed by atoms with Crippen LogP contribution in [0.3, 0.4) is 0 Å². The van der Waals surface area contributed by atoms with Crippen LogP contribution in [0.5, 0.6) is 0 Å². The SMILES string of the molecule is O=C(/C=C/c1ccc(-c2ccccc2[N+](=O)[O-])o1)Nc1ccc(N2CCCCC2)c(Cl)c1. The summed E-state index contributed by atoms with van der Waals surface area (Å²) >= 11 is 6.44. The number of nitrogens with zero attached hydrogens (tertiary/aromatic N) is 2. The number of carbonyl (C=O) groups is 1. The van der Waals surface area contributed by atoms with Crippen molar-refractivity contribution in [2.24, 2.45) is 0 Å². The van der Waals surface area contributed by atoms with E-state index in [0.717, 1.165) is 31.6 Å². The highest BCUT2D eigenvalue weighted by Gasteiger charge is 2.17.